The van der Waals surface area contributed by atoms with Crippen molar-refractivity contribution in [3.05, 3.63) is 69.7 Å². The first-order valence-corrected chi connectivity index (χ1v) is 7.06. The summed E-state index contributed by atoms with van der Waals surface area (Å²) < 4.78 is 27.6. The number of benzene rings is 2. The molecule has 1 unspecified atom stereocenters. The molecule has 0 aliphatic heterocycles. The number of hydrogen-bond donors (Lipinski definition) is 1. The van der Waals surface area contributed by atoms with E-state index in [9.17, 15) is 13.9 Å². The van der Waals surface area contributed by atoms with Crippen molar-refractivity contribution in [1.82, 2.24) is 0 Å². The van der Waals surface area contributed by atoms with E-state index in [-0.39, 0.29) is 24.5 Å². The van der Waals surface area contributed by atoms with Gasteiger partial charge in [0.25, 0.3) is 0 Å². The maximum atomic E-state index is 13.8. The molecule has 106 valence electrons. The van der Waals surface area contributed by atoms with Crippen LogP contribution in [0.4, 0.5) is 8.78 Å². The maximum absolute atomic E-state index is 13.8. The zero-order valence-electron chi connectivity index (χ0n) is 11.0. The van der Waals surface area contributed by atoms with Gasteiger partial charge in [0.2, 0.25) is 0 Å². The molecular weight excluding hydrogens is 326 g/mol. The van der Waals surface area contributed by atoms with E-state index in [1.54, 1.807) is 31.2 Å². The highest BCUT2D eigenvalue weighted by Crippen LogP contribution is 2.23. The van der Waals surface area contributed by atoms with Crippen molar-refractivity contribution in [3.63, 3.8) is 0 Å². The van der Waals surface area contributed by atoms with Gasteiger partial charge >= 0.3 is 0 Å². The van der Waals surface area contributed by atoms with Crippen LogP contribution in [-0.2, 0) is 12.8 Å². The molecule has 1 atom stereocenters. The van der Waals surface area contributed by atoms with Crippen LogP contribution in [0.25, 0.3) is 0 Å². The third-order valence-electron chi connectivity index (χ3n) is 3.06. The summed E-state index contributed by atoms with van der Waals surface area (Å²) in [6, 6.07) is 10.8. The van der Waals surface area contributed by atoms with Gasteiger partial charge in [-0.1, -0.05) is 34.1 Å². The molecule has 0 aliphatic carbocycles. The molecule has 0 spiro atoms. The largest absolute Gasteiger partial charge is 0.389 e. The van der Waals surface area contributed by atoms with E-state index in [0.717, 1.165) is 0 Å². The van der Waals surface area contributed by atoms with E-state index in [1.807, 2.05) is 0 Å². The summed E-state index contributed by atoms with van der Waals surface area (Å²) >= 11 is 3.19. The van der Waals surface area contributed by atoms with Gasteiger partial charge in [0.05, 0.1) is 5.60 Å². The van der Waals surface area contributed by atoms with Crippen molar-refractivity contribution in [1.29, 1.82) is 0 Å². The van der Waals surface area contributed by atoms with Crippen LogP contribution in [0.3, 0.4) is 0 Å². The smallest absolute Gasteiger partial charge is 0.127 e. The number of rotatable bonds is 4. The van der Waals surface area contributed by atoms with Gasteiger partial charge in [0.15, 0.2) is 0 Å². The second-order valence-electron chi connectivity index (χ2n) is 5.22. The molecular formula is C16H15BrF2O. The lowest BCUT2D eigenvalue weighted by molar-refractivity contribution is 0.0599. The Balaban J connectivity index is 2.14. The van der Waals surface area contributed by atoms with E-state index in [0.29, 0.717) is 15.6 Å². The van der Waals surface area contributed by atoms with Gasteiger partial charge in [-0.25, -0.2) is 8.78 Å². The number of halogens is 3. The summed E-state index contributed by atoms with van der Waals surface area (Å²) in [5.41, 5.74) is -0.00948. The molecule has 0 heterocycles. The van der Waals surface area contributed by atoms with Crippen molar-refractivity contribution in [3.8, 4) is 0 Å². The molecule has 2 aromatic carbocycles. The molecule has 1 N–H and O–H groups in total. The van der Waals surface area contributed by atoms with Gasteiger partial charge in [0, 0.05) is 17.3 Å². The quantitative estimate of drug-likeness (QED) is 0.881. The summed E-state index contributed by atoms with van der Waals surface area (Å²) in [7, 11) is 0. The van der Waals surface area contributed by atoms with Crippen LogP contribution in [0.1, 0.15) is 18.1 Å². The molecule has 0 saturated heterocycles. The Morgan fingerprint density at radius 2 is 1.85 bits per heavy atom. The lowest BCUT2D eigenvalue weighted by atomic mass is 9.89. The average molecular weight is 341 g/mol. The Labute approximate surface area is 125 Å². The van der Waals surface area contributed by atoms with Crippen LogP contribution in [0, 0.1) is 11.6 Å². The minimum absolute atomic E-state index is 0.169. The Kier molecular flexibility index (Phi) is 4.55. The van der Waals surface area contributed by atoms with Gasteiger partial charge < -0.3 is 5.11 Å². The summed E-state index contributed by atoms with van der Waals surface area (Å²) in [5.74, 6) is -0.702. The molecule has 0 radical (unpaired) electrons. The highest BCUT2D eigenvalue weighted by atomic mass is 79.9. The highest BCUT2D eigenvalue weighted by molar-refractivity contribution is 9.10. The summed E-state index contributed by atoms with van der Waals surface area (Å²) in [5, 5.41) is 10.4. The third-order valence-corrected chi connectivity index (χ3v) is 3.55. The molecule has 20 heavy (non-hydrogen) atoms. The lowest BCUT2D eigenvalue weighted by Gasteiger charge is -2.24. The van der Waals surface area contributed by atoms with Crippen LogP contribution in [0.15, 0.2) is 46.9 Å². The minimum atomic E-state index is -1.14. The van der Waals surface area contributed by atoms with Crippen molar-refractivity contribution < 1.29 is 13.9 Å². The standard InChI is InChI=1S/C16H15BrF2O/c1-16(20,9-11-3-2-4-14(18)7-11)10-12-5-6-13(17)8-15(12)19/h2-8,20H,9-10H2,1H3. The molecule has 0 fully saturated rings. The van der Waals surface area contributed by atoms with Crippen molar-refractivity contribution in [2.24, 2.45) is 0 Å². The number of aliphatic hydroxyl groups is 1. The van der Waals surface area contributed by atoms with Crippen LogP contribution >= 0.6 is 15.9 Å². The average Bonchev–Trinajstić information content (AvgIpc) is 2.32. The molecule has 4 heteroatoms. The monoisotopic (exact) mass is 340 g/mol. The van der Waals surface area contributed by atoms with Gasteiger partial charge in [-0.05, 0) is 42.3 Å². The molecule has 2 aromatic rings. The fourth-order valence-electron chi connectivity index (χ4n) is 2.22. The van der Waals surface area contributed by atoms with Crippen molar-refractivity contribution in [2.75, 3.05) is 0 Å². The first-order valence-electron chi connectivity index (χ1n) is 6.26. The van der Waals surface area contributed by atoms with Crippen LogP contribution in [0.2, 0.25) is 0 Å². The predicted octanol–water partition coefficient (Wildman–Crippen LogP) is 4.26. The molecule has 1 nitrogen and oxygen atoms in total. The molecule has 0 bridgehead atoms. The Morgan fingerprint density at radius 3 is 2.50 bits per heavy atom. The molecule has 0 saturated carbocycles. The molecule has 0 aliphatic rings. The summed E-state index contributed by atoms with van der Waals surface area (Å²) in [6.07, 6.45) is 0.433. The second kappa shape index (κ2) is 6.02. The Hall–Kier alpha value is -1.26. The highest BCUT2D eigenvalue weighted by Gasteiger charge is 2.23. The topological polar surface area (TPSA) is 20.2 Å². The normalized spacial score (nSPS) is 14.1. The lowest BCUT2D eigenvalue weighted by Crippen LogP contribution is -2.30. The second-order valence-corrected chi connectivity index (χ2v) is 6.13. The number of hydrogen-bond acceptors (Lipinski definition) is 1. The minimum Gasteiger partial charge on any atom is -0.389 e. The van der Waals surface area contributed by atoms with Crippen molar-refractivity contribution in [2.45, 2.75) is 25.4 Å². The fraction of sp³-hybridized carbons (Fsp3) is 0.250. The van der Waals surface area contributed by atoms with Crippen LogP contribution < -0.4 is 0 Å². The zero-order chi connectivity index (χ0) is 14.8. The predicted molar refractivity (Wildman–Crippen MR) is 78.5 cm³/mol. The van der Waals surface area contributed by atoms with Gasteiger partial charge in [-0.3, -0.25) is 0 Å². The van der Waals surface area contributed by atoms with Crippen LogP contribution in [-0.4, -0.2) is 10.7 Å². The van der Waals surface area contributed by atoms with E-state index in [2.05, 4.69) is 15.9 Å². The fourth-order valence-corrected chi connectivity index (χ4v) is 2.56. The van der Waals surface area contributed by atoms with E-state index >= 15 is 0 Å². The molecule has 0 aromatic heterocycles. The van der Waals surface area contributed by atoms with Gasteiger partial charge in [-0.2, -0.15) is 0 Å². The van der Waals surface area contributed by atoms with Gasteiger partial charge in [0.1, 0.15) is 11.6 Å². The van der Waals surface area contributed by atoms with Gasteiger partial charge in [-0.15, -0.1) is 0 Å². The first-order chi connectivity index (χ1) is 9.35. The SMILES string of the molecule is CC(O)(Cc1cccc(F)c1)Cc1ccc(Br)cc1F. The van der Waals surface area contributed by atoms with Crippen LogP contribution in [0.5, 0.6) is 0 Å². The summed E-state index contributed by atoms with van der Waals surface area (Å²) in [6.45, 7) is 1.62. The van der Waals surface area contributed by atoms with E-state index < -0.39 is 5.60 Å². The van der Waals surface area contributed by atoms with Crippen molar-refractivity contribution >= 4 is 15.9 Å². The third kappa shape index (κ3) is 4.12. The summed E-state index contributed by atoms with van der Waals surface area (Å²) in [4.78, 5) is 0. The Bertz CT molecular complexity index is 611. The molecule has 2 rings (SSSR count). The van der Waals surface area contributed by atoms with E-state index in [4.69, 9.17) is 0 Å². The molecule has 0 amide bonds. The van der Waals surface area contributed by atoms with E-state index in [1.165, 1.54) is 18.2 Å². The maximum Gasteiger partial charge on any atom is 0.127 e. The Morgan fingerprint density at radius 1 is 1.10 bits per heavy atom. The first kappa shape index (κ1) is 15.1. The zero-order valence-corrected chi connectivity index (χ0v) is 12.6.